The van der Waals surface area contributed by atoms with Crippen LogP contribution in [0.5, 0.6) is 0 Å². The smallest absolute Gasteiger partial charge is 0.262 e. The third-order valence-electron chi connectivity index (χ3n) is 6.19. The summed E-state index contributed by atoms with van der Waals surface area (Å²) in [4.78, 5) is 0. The van der Waals surface area contributed by atoms with Gasteiger partial charge in [-0.3, -0.25) is 0 Å². The van der Waals surface area contributed by atoms with Gasteiger partial charge in [0.15, 0.2) is 6.54 Å². The van der Waals surface area contributed by atoms with Gasteiger partial charge in [0.25, 0.3) is 5.01 Å². The van der Waals surface area contributed by atoms with E-state index in [1.54, 1.807) is 11.3 Å². The maximum absolute atomic E-state index is 11.0. The van der Waals surface area contributed by atoms with Gasteiger partial charge in [-0.2, -0.15) is 4.57 Å². The van der Waals surface area contributed by atoms with Gasteiger partial charge in [-0.05, 0) is 49.2 Å². The molecule has 0 aliphatic heterocycles. The molecule has 0 bridgehead atoms. The largest absolute Gasteiger partial charge is 0.748 e. The number of thiazole rings is 1. The first-order chi connectivity index (χ1) is 16.4. The second kappa shape index (κ2) is 9.33. The first-order valence-corrected chi connectivity index (χ1v) is 13.9. The maximum atomic E-state index is 11.0. The topological polar surface area (TPSA) is 66.0 Å². The Morgan fingerprint density at radius 1 is 0.941 bits per heavy atom. The minimum atomic E-state index is -4.17. The van der Waals surface area contributed by atoms with Crippen LogP contribution in [-0.4, -0.2) is 23.3 Å². The molecule has 0 atom stereocenters. The fraction of sp³-hybridized carbons (Fsp3) is 0.222. The van der Waals surface area contributed by atoms with Crippen molar-refractivity contribution in [3.63, 3.8) is 0 Å². The lowest BCUT2D eigenvalue weighted by Crippen LogP contribution is -2.35. The Morgan fingerprint density at radius 2 is 1.71 bits per heavy atom. The molecule has 5 aromatic rings. The van der Waals surface area contributed by atoms with Crippen molar-refractivity contribution < 1.29 is 17.5 Å². The Bertz CT molecular complexity index is 1630. The van der Waals surface area contributed by atoms with Crippen LogP contribution in [0.1, 0.15) is 30.3 Å². The van der Waals surface area contributed by atoms with Crippen molar-refractivity contribution in [2.24, 2.45) is 0 Å². The molecule has 2 heterocycles. The van der Waals surface area contributed by atoms with Gasteiger partial charge in [0.1, 0.15) is 4.70 Å². The SMILES string of the molecule is CCn1c2ccccc2c2cc(/C=C/c3sc4ccccc4[n+]3CCCCS(=O)(=O)[O-])ccc21. The Hall–Kier alpha value is -3.00. The lowest BCUT2D eigenvalue weighted by molar-refractivity contribution is -0.669. The van der Waals surface area contributed by atoms with Crippen LogP contribution >= 0.6 is 11.3 Å². The van der Waals surface area contributed by atoms with Crippen LogP contribution in [0, 0.1) is 0 Å². The molecule has 3 aromatic carbocycles. The van der Waals surface area contributed by atoms with Crippen molar-refractivity contribution in [2.45, 2.75) is 32.9 Å². The Balaban J connectivity index is 1.48. The molecule has 0 spiro atoms. The van der Waals surface area contributed by atoms with Gasteiger partial charge in [0.05, 0.1) is 10.1 Å². The van der Waals surface area contributed by atoms with Crippen molar-refractivity contribution in [3.8, 4) is 0 Å². The summed E-state index contributed by atoms with van der Waals surface area (Å²) >= 11 is 1.71. The van der Waals surface area contributed by atoms with E-state index in [4.69, 9.17) is 0 Å². The molecule has 0 unspecified atom stereocenters. The van der Waals surface area contributed by atoms with E-state index in [1.165, 1.54) is 26.5 Å². The number of benzene rings is 3. The second-order valence-electron chi connectivity index (χ2n) is 8.40. The molecule has 5 nitrogen and oxygen atoms in total. The van der Waals surface area contributed by atoms with Gasteiger partial charge in [-0.1, -0.05) is 47.7 Å². The molecular weight excluding hydrogens is 464 g/mol. The number of para-hydroxylation sites is 2. The van der Waals surface area contributed by atoms with Gasteiger partial charge in [0, 0.05) is 52.7 Å². The number of aryl methyl sites for hydroxylation is 2. The molecular formula is C27H26N2O3S2. The van der Waals surface area contributed by atoms with Gasteiger partial charge in [-0.25, -0.2) is 8.42 Å². The second-order valence-corrected chi connectivity index (χ2v) is 11.0. The zero-order valence-electron chi connectivity index (χ0n) is 19.0. The summed E-state index contributed by atoms with van der Waals surface area (Å²) in [6.07, 6.45) is 5.27. The highest BCUT2D eigenvalue weighted by Crippen LogP contribution is 2.30. The van der Waals surface area contributed by atoms with Crippen LogP contribution in [0.2, 0.25) is 0 Å². The summed E-state index contributed by atoms with van der Waals surface area (Å²) in [7, 11) is -4.17. The molecule has 7 heteroatoms. The molecule has 0 fully saturated rings. The summed E-state index contributed by atoms with van der Waals surface area (Å²) in [5, 5.41) is 3.62. The number of nitrogens with zero attached hydrogens (tertiary/aromatic N) is 2. The average molecular weight is 491 g/mol. The van der Waals surface area contributed by atoms with E-state index in [1.807, 2.05) is 12.1 Å². The zero-order valence-corrected chi connectivity index (χ0v) is 20.6. The van der Waals surface area contributed by atoms with E-state index in [0.717, 1.165) is 22.6 Å². The summed E-state index contributed by atoms with van der Waals surface area (Å²) < 4.78 is 38.6. The summed E-state index contributed by atoms with van der Waals surface area (Å²) in [5.41, 5.74) is 4.75. The number of hydrogen-bond acceptors (Lipinski definition) is 4. The molecule has 2 aromatic heterocycles. The lowest BCUT2D eigenvalue weighted by Gasteiger charge is -2.04. The molecule has 0 radical (unpaired) electrons. The number of aromatic nitrogens is 2. The van der Waals surface area contributed by atoms with E-state index in [-0.39, 0.29) is 5.75 Å². The molecule has 34 heavy (non-hydrogen) atoms. The van der Waals surface area contributed by atoms with Crippen LogP contribution < -0.4 is 4.57 Å². The van der Waals surface area contributed by atoms with Gasteiger partial charge < -0.3 is 9.12 Å². The number of unbranched alkanes of at least 4 members (excludes halogenated alkanes) is 1. The van der Waals surface area contributed by atoms with Crippen molar-refractivity contribution in [3.05, 3.63) is 77.3 Å². The Labute approximate surface area is 203 Å². The first-order valence-electron chi connectivity index (χ1n) is 11.5. The highest BCUT2D eigenvalue weighted by molar-refractivity contribution is 7.85. The zero-order chi connectivity index (χ0) is 23.7. The van der Waals surface area contributed by atoms with E-state index < -0.39 is 10.1 Å². The highest BCUT2D eigenvalue weighted by Gasteiger charge is 2.18. The van der Waals surface area contributed by atoms with Crippen molar-refractivity contribution in [1.82, 2.24) is 4.57 Å². The lowest BCUT2D eigenvalue weighted by atomic mass is 10.1. The van der Waals surface area contributed by atoms with Crippen molar-refractivity contribution >= 4 is 65.6 Å². The standard InChI is InChI=1S/C27H26N2O3S2/c1-2-28-23-10-4-3-9-21(23)22-19-20(13-15-24(22)28)14-16-27-29(17-7-8-18-34(30,31)32)25-11-5-6-12-26(25)33-27/h3-6,9-16,19H,2,7-8,17-18H2,1H3. The predicted octanol–water partition coefficient (Wildman–Crippen LogP) is 5.81. The predicted molar refractivity (Wildman–Crippen MR) is 140 cm³/mol. The number of rotatable bonds is 8. The van der Waals surface area contributed by atoms with Crippen LogP contribution in [-0.2, 0) is 23.2 Å². The normalized spacial score (nSPS) is 12.5. The van der Waals surface area contributed by atoms with Crippen LogP contribution in [0.3, 0.4) is 0 Å². The van der Waals surface area contributed by atoms with Gasteiger partial charge in [-0.15, -0.1) is 0 Å². The molecule has 174 valence electrons. The molecule has 0 N–H and O–H groups in total. The van der Waals surface area contributed by atoms with E-state index in [0.29, 0.717) is 19.4 Å². The Morgan fingerprint density at radius 3 is 2.53 bits per heavy atom. The Kier molecular flexibility index (Phi) is 6.25. The number of hydrogen-bond donors (Lipinski definition) is 0. The van der Waals surface area contributed by atoms with Crippen molar-refractivity contribution in [1.29, 1.82) is 0 Å². The molecule has 0 aliphatic rings. The molecule has 0 saturated heterocycles. The van der Waals surface area contributed by atoms with Gasteiger partial charge in [0.2, 0.25) is 5.52 Å². The minimum absolute atomic E-state index is 0.313. The first kappa shape index (κ1) is 22.8. The minimum Gasteiger partial charge on any atom is -0.748 e. The molecule has 0 saturated carbocycles. The average Bonchev–Trinajstić information content (AvgIpc) is 3.34. The molecule has 0 aliphatic carbocycles. The summed E-state index contributed by atoms with van der Waals surface area (Å²) in [5.74, 6) is -0.313. The van der Waals surface area contributed by atoms with Crippen molar-refractivity contribution in [2.75, 3.05) is 5.75 Å². The third-order valence-corrected chi connectivity index (χ3v) is 8.11. The van der Waals surface area contributed by atoms with Crippen LogP contribution in [0.25, 0.3) is 44.2 Å². The van der Waals surface area contributed by atoms with Crippen LogP contribution in [0.4, 0.5) is 0 Å². The fourth-order valence-electron chi connectivity index (χ4n) is 4.64. The molecule has 5 rings (SSSR count). The van der Waals surface area contributed by atoms with Gasteiger partial charge >= 0.3 is 0 Å². The van der Waals surface area contributed by atoms with E-state index in [2.05, 4.69) is 82.8 Å². The molecule has 0 amide bonds. The van der Waals surface area contributed by atoms with Crippen LogP contribution in [0.15, 0.2) is 66.7 Å². The monoisotopic (exact) mass is 490 g/mol. The van der Waals surface area contributed by atoms with E-state index >= 15 is 0 Å². The summed E-state index contributed by atoms with van der Waals surface area (Å²) in [6.45, 7) is 3.77. The number of fused-ring (bicyclic) bond motifs is 4. The quantitative estimate of drug-likeness (QED) is 0.157. The van der Waals surface area contributed by atoms with E-state index in [9.17, 15) is 13.0 Å². The third kappa shape index (κ3) is 4.51. The fourth-order valence-corrected chi connectivity index (χ4v) is 6.29. The highest BCUT2D eigenvalue weighted by atomic mass is 32.2. The maximum Gasteiger partial charge on any atom is 0.262 e. The summed E-state index contributed by atoms with van der Waals surface area (Å²) in [6, 6.07) is 23.3.